The van der Waals surface area contributed by atoms with E-state index < -0.39 is 6.10 Å². The second-order valence-electron chi connectivity index (χ2n) is 9.58. The van der Waals surface area contributed by atoms with Crippen LogP contribution in [-0.4, -0.2) is 59.4 Å². The first-order valence-electron chi connectivity index (χ1n) is 13.8. The molecule has 0 saturated heterocycles. The first-order chi connectivity index (χ1) is 19.1. The highest BCUT2D eigenvalue weighted by molar-refractivity contribution is 7.99. The largest absolute Gasteiger partial charge is 0.507 e. The van der Waals surface area contributed by atoms with E-state index in [4.69, 9.17) is 14.2 Å². The molecule has 2 aromatic rings. The van der Waals surface area contributed by atoms with Gasteiger partial charge in [-0.25, -0.2) is 0 Å². The zero-order chi connectivity index (χ0) is 29.7. The van der Waals surface area contributed by atoms with Gasteiger partial charge in [-0.3, -0.25) is 14.4 Å². The number of hydrogen-bond donors (Lipinski definition) is 2. The number of esters is 1. The zero-order valence-electron chi connectivity index (χ0n) is 24.2. The van der Waals surface area contributed by atoms with Crippen LogP contribution in [-0.2, 0) is 22.4 Å². The van der Waals surface area contributed by atoms with Crippen LogP contribution in [0.25, 0.3) is 0 Å². The predicted octanol–water partition coefficient (Wildman–Crippen LogP) is 5.96. The van der Waals surface area contributed by atoms with E-state index >= 15 is 0 Å². The number of benzene rings is 2. The van der Waals surface area contributed by atoms with Gasteiger partial charge < -0.3 is 24.4 Å². The summed E-state index contributed by atoms with van der Waals surface area (Å²) in [6, 6.07) is 6.95. The Morgan fingerprint density at radius 3 is 2.23 bits per heavy atom. The highest BCUT2D eigenvalue weighted by Gasteiger charge is 2.19. The molecule has 0 aromatic heterocycles. The molecule has 220 valence electrons. The molecule has 0 spiro atoms. The second kappa shape index (κ2) is 16.9. The molecule has 9 heteroatoms. The fourth-order valence-corrected chi connectivity index (χ4v) is 5.25. The van der Waals surface area contributed by atoms with Crippen LogP contribution in [0.3, 0.4) is 0 Å². The standard InChI is InChI=1S/C31H42O8S/c1-6-10-25-27(14-12-24(22(5)34)31(25)39-16-8-11-29(35)37-7-2)38-17-9-18-40-28-15-13-23(21(4)33)30(36)26(28)19-20(3)32/h12-15,20,32,36H,6-11,16-19H2,1-5H3. The molecular formula is C31H42O8S. The lowest BCUT2D eigenvalue weighted by Crippen LogP contribution is -2.11. The third-order valence-electron chi connectivity index (χ3n) is 6.10. The number of phenols is 1. The first kappa shape index (κ1) is 33.2. The number of carbonyl (C=O) groups excluding carboxylic acids is 3. The van der Waals surface area contributed by atoms with Gasteiger partial charge in [0.2, 0.25) is 0 Å². The number of hydrogen-bond acceptors (Lipinski definition) is 9. The van der Waals surface area contributed by atoms with Crippen molar-refractivity contribution in [3.63, 3.8) is 0 Å². The fourth-order valence-electron chi connectivity index (χ4n) is 4.25. The fraction of sp³-hybridized carbons (Fsp3) is 0.516. The third kappa shape index (κ3) is 9.86. The van der Waals surface area contributed by atoms with Gasteiger partial charge in [0.05, 0.1) is 37.1 Å². The summed E-state index contributed by atoms with van der Waals surface area (Å²) < 4.78 is 17.1. The van der Waals surface area contributed by atoms with Crippen LogP contribution in [0, 0.1) is 0 Å². The minimum atomic E-state index is -0.660. The van der Waals surface area contributed by atoms with Crippen molar-refractivity contribution >= 4 is 29.3 Å². The van der Waals surface area contributed by atoms with Crippen LogP contribution in [0.2, 0.25) is 0 Å². The number of aliphatic hydroxyl groups is 1. The van der Waals surface area contributed by atoms with E-state index in [1.165, 1.54) is 25.6 Å². The van der Waals surface area contributed by atoms with Crippen molar-refractivity contribution in [2.24, 2.45) is 0 Å². The molecule has 0 aliphatic rings. The summed E-state index contributed by atoms with van der Waals surface area (Å²) in [6.45, 7) is 9.40. The van der Waals surface area contributed by atoms with Gasteiger partial charge >= 0.3 is 5.97 Å². The summed E-state index contributed by atoms with van der Waals surface area (Å²) in [6.07, 6.45) is 2.51. The molecule has 2 aromatic carbocycles. The Kier molecular flexibility index (Phi) is 14.0. The predicted molar refractivity (Wildman–Crippen MR) is 156 cm³/mol. The van der Waals surface area contributed by atoms with Crippen LogP contribution in [0.5, 0.6) is 17.2 Å². The average molecular weight is 575 g/mol. The van der Waals surface area contributed by atoms with Crippen molar-refractivity contribution < 1.29 is 38.8 Å². The van der Waals surface area contributed by atoms with Gasteiger partial charge in [0.1, 0.15) is 17.2 Å². The molecule has 0 bridgehead atoms. The second-order valence-corrected chi connectivity index (χ2v) is 10.7. The summed E-state index contributed by atoms with van der Waals surface area (Å²) in [7, 11) is 0. The number of Topliss-reactive ketones (excluding diaryl/α,β-unsaturated/α-hetero) is 2. The molecular weight excluding hydrogens is 532 g/mol. The van der Waals surface area contributed by atoms with Crippen molar-refractivity contribution in [1.82, 2.24) is 0 Å². The number of aromatic hydroxyl groups is 1. The molecule has 0 saturated carbocycles. The maximum atomic E-state index is 12.3. The van der Waals surface area contributed by atoms with Gasteiger partial charge in [-0.2, -0.15) is 0 Å². The Labute approximate surface area is 241 Å². The third-order valence-corrected chi connectivity index (χ3v) is 7.28. The van der Waals surface area contributed by atoms with Crippen LogP contribution in [0.4, 0.5) is 0 Å². The van der Waals surface area contributed by atoms with Crippen molar-refractivity contribution in [3.05, 3.63) is 46.5 Å². The Morgan fingerprint density at radius 1 is 0.925 bits per heavy atom. The molecule has 0 fully saturated rings. The Morgan fingerprint density at radius 2 is 1.60 bits per heavy atom. The number of carbonyl (C=O) groups is 3. The minimum absolute atomic E-state index is 0.0702. The highest BCUT2D eigenvalue weighted by Crippen LogP contribution is 2.36. The Balaban J connectivity index is 2.08. The molecule has 2 rings (SSSR count). The lowest BCUT2D eigenvalue weighted by atomic mass is 10.0. The summed E-state index contributed by atoms with van der Waals surface area (Å²) >= 11 is 1.53. The topological polar surface area (TPSA) is 119 Å². The smallest absolute Gasteiger partial charge is 0.305 e. The molecule has 0 heterocycles. The van der Waals surface area contributed by atoms with Gasteiger partial charge in [0.25, 0.3) is 0 Å². The number of ether oxygens (including phenoxy) is 3. The number of phenolic OH excluding ortho intramolecular Hbond substituents is 1. The number of ketones is 2. The lowest BCUT2D eigenvalue weighted by Gasteiger charge is -2.19. The number of aliphatic hydroxyl groups excluding tert-OH is 1. The van der Waals surface area contributed by atoms with E-state index in [0.717, 1.165) is 16.9 Å². The molecule has 2 N–H and O–H groups in total. The molecule has 1 atom stereocenters. The minimum Gasteiger partial charge on any atom is -0.507 e. The van der Waals surface area contributed by atoms with Crippen LogP contribution in [0.1, 0.15) is 92.1 Å². The van der Waals surface area contributed by atoms with Crippen molar-refractivity contribution in [1.29, 1.82) is 0 Å². The molecule has 0 radical (unpaired) electrons. The maximum absolute atomic E-state index is 12.3. The van der Waals surface area contributed by atoms with Gasteiger partial charge in [0, 0.05) is 34.6 Å². The number of thioether (sulfide) groups is 1. The highest BCUT2D eigenvalue weighted by atomic mass is 32.2. The monoisotopic (exact) mass is 574 g/mol. The van der Waals surface area contributed by atoms with Crippen LogP contribution >= 0.6 is 11.8 Å². The van der Waals surface area contributed by atoms with E-state index in [-0.39, 0.29) is 48.3 Å². The molecule has 0 aliphatic carbocycles. The summed E-state index contributed by atoms with van der Waals surface area (Å²) in [5.41, 5.74) is 2.15. The Hall–Kier alpha value is -3.04. The summed E-state index contributed by atoms with van der Waals surface area (Å²) in [5, 5.41) is 20.5. The van der Waals surface area contributed by atoms with E-state index in [0.29, 0.717) is 60.9 Å². The van der Waals surface area contributed by atoms with Crippen molar-refractivity contribution in [2.75, 3.05) is 25.6 Å². The first-order valence-corrected chi connectivity index (χ1v) is 14.8. The zero-order valence-corrected chi connectivity index (χ0v) is 25.0. The van der Waals surface area contributed by atoms with Crippen LogP contribution in [0.15, 0.2) is 29.2 Å². The summed E-state index contributed by atoms with van der Waals surface area (Å²) in [4.78, 5) is 36.6. The quantitative estimate of drug-likeness (QED) is 0.0962. The Bertz CT molecular complexity index is 1160. The number of rotatable bonds is 18. The van der Waals surface area contributed by atoms with E-state index in [1.54, 1.807) is 32.0 Å². The van der Waals surface area contributed by atoms with Crippen molar-refractivity contribution in [2.45, 2.75) is 84.1 Å². The maximum Gasteiger partial charge on any atom is 0.305 e. The van der Waals surface area contributed by atoms with E-state index in [2.05, 4.69) is 0 Å². The molecule has 1 unspecified atom stereocenters. The lowest BCUT2D eigenvalue weighted by molar-refractivity contribution is -0.143. The molecule has 40 heavy (non-hydrogen) atoms. The van der Waals surface area contributed by atoms with E-state index in [9.17, 15) is 24.6 Å². The molecule has 0 amide bonds. The summed E-state index contributed by atoms with van der Waals surface area (Å²) in [5.74, 6) is 1.19. The van der Waals surface area contributed by atoms with Crippen LogP contribution < -0.4 is 9.47 Å². The SMILES string of the molecule is CCCc1c(OCCCSc2ccc(C(C)=O)c(O)c2CC(C)O)ccc(C(C)=O)c1OCCCC(=O)OCC. The van der Waals surface area contributed by atoms with Gasteiger partial charge in [-0.05, 0) is 71.2 Å². The van der Waals surface area contributed by atoms with Gasteiger partial charge in [0.15, 0.2) is 11.6 Å². The molecule has 0 aliphatic heterocycles. The average Bonchev–Trinajstić information content (AvgIpc) is 2.89. The molecule has 8 nitrogen and oxygen atoms in total. The van der Waals surface area contributed by atoms with Gasteiger partial charge in [-0.1, -0.05) is 13.3 Å². The normalized spacial score (nSPS) is 11.7. The van der Waals surface area contributed by atoms with Gasteiger partial charge in [-0.15, -0.1) is 11.8 Å². The van der Waals surface area contributed by atoms with E-state index in [1.807, 2.05) is 13.0 Å². The van der Waals surface area contributed by atoms with Crippen molar-refractivity contribution in [3.8, 4) is 17.2 Å².